The highest BCUT2D eigenvalue weighted by Crippen LogP contribution is 2.31. The van der Waals surface area contributed by atoms with Gasteiger partial charge in [0.05, 0.1) is 11.1 Å². The van der Waals surface area contributed by atoms with Crippen molar-refractivity contribution in [1.29, 1.82) is 0 Å². The lowest BCUT2D eigenvalue weighted by Crippen LogP contribution is -2.27. The summed E-state index contributed by atoms with van der Waals surface area (Å²) in [5.74, 6) is -0.683. The van der Waals surface area contributed by atoms with Crippen LogP contribution in [0.25, 0.3) is 0 Å². The first-order chi connectivity index (χ1) is 8.46. The number of nitrogens with one attached hydrogen (secondary N) is 1. The van der Waals surface area contributed by atoms with Crippen LogP contribution in [0.2, 0.25) is 0 Å². The predicted octanol–water partition coefficient (Wildman–Crippen LogP) is 3.61. The molecule has 0 radical (unpaired) electrons. The van der Waals surface area contributed by atoms with Crippen LogP contribution in [0.3, 0.4) is 0 Å². The fourth-order valence-electron chi connectivity index (χ4n) is 1.44. The molecule has 0 saturated carbocycles. The fraction of sp³-hybridized carbons (Fsp3) is 0.417. The van der Waals surface area contributed by atoms with Crippen LogP contribution in [0.1, 0.15) is 28.8 Å². The molecule has 0 saturated heterocycles. The summed E-state index contributed by atoms with van der Waals surface area (Å²) >= 11 is 3.24. The first-order valence-electron chi connectivity index (χ1n) is 5.47. The van der Waals surface area contributed by atoms with Gasteiger partial charge in [0.2, 0.25) is 0 Å². The maximum absolute atomic E-state index is 12.7. The number of halogens is 4. The Morgan fingerprint density at radius 1 is 1.22 bits per heavy atom. The molecule has 2 nitrogen and oxygen atoms in total. The van der Waals surface area contributed by atoms with Crippen molar-refractivity contribution in [3.63, 3.8) is 0 Å². The molecular formula is C12H13BrF3NO. The molecule has 1 aromatic rings. The van der Waals surface area contributed by atoms with Gasteiger partial charge in [0.1, 0.15) is 0 Å². The Bertz CT molecular complexity index is 407. The van der Waals surface area contributed by atoms with Crippen LogP contribution in [-0.4, -0.2) is 17.8 Å². The molecule has 100 valence electrons. The molecule has 18 heavy (non-hydrogen) atoms. The van der Waals surface area contributed by atoms with Crippen LogP contribution < -0.4 is 5.32 Å². The van der Waals surface area contributed by atoms with Crippen molar-refractivity contribution in [2.24, 2.45) is 0 Å². The minimum absolute atomic E-state index is 0.330. The molecule has 0 aliphatic heterocycles. The van der Waals surface area contributed by atoms with Crippen LogP contribution in [0.15, 0.2) is 24.3 Å². The molecule has 0 unspecified atom stereocenters. The van der Waals surface area contributed by atoms with E-state index in [0.29, 0.717) is 6.54 Å². The molecule has 1 amide bonds. The van der Waals surface area contributed by atoms with Gasteiger partial charge in [-0.3, -0.25) is 4.79 Å². The average Bonchev–Trinajstić information content (AvgIpc) is 2.33. The smallest absolute Gasteiger partial charge is 0.352 e. The lowest BCUT2D eigenvalue weighted by Gasteiger charge is -2.12. The van der Waals surface area contributed by atoms with Gasteiger partial charge in [0.25, 0.3) is 5.91 Å². The van der Waals surface area contributed by atoms with Crippen molar-refractivity contribution >= 4 is 21.8 Å². The van der Waals surface area contributed by atoms with Crippen molar-refractivity contribution in [2.45, 2.75) is 19.0 Å². The molecule has 0 fully saturated rings. The van der Waals surface area contributed by atoms with E-state index in [1.165, 1.54) is 18.2 Å². The summed E-state index contributed by atoms with van der Waals surface area (Å²) in [6, 6.07) is 4.78. The predicted molar refractivity (Wildman–Crippen MR) is 66.8 cm³/mol. The summed E-state index contributed by atoms with van der Waals surface area (Å²) in [5.41, 5.74) is -1.23. The van der Waals surface area contributed by atoms with Crippen LogP contribution in [0.5, 0.6) is 0 Å². The minimum Gasteiger partial charge on any atom is -0.352 e. The van der Waals surface area contributed by atoms with Crippen molar-refractivity contribution in [3.05, 3.63) is 35.4 Å². The molecular weight excluding hydrogens is 311 g/mol. The Morgan fingerprint density at radius 3 is 2.50 bits per heavy atom. The molecule has 0 aromatic heterocycles. The summed E-state index contributed by atoms with van der Waals surface area (Å²) in [4.78, 5) is 11.7. The molecule has 0 bridgehead atoms. The maximum atomic E-state index is 12.7. The van der Waals surface area contributed by atoms with Crippen LogP contribution >= 0.6 is 15.9 Å². The van der Waals surface area contributed by atoms with E-state index in [4.69, 9.17) is 0 Å². The highest BCUT2D eigenvalue weighted by atomic mass is 79.9. The molecule has 0 atom stereocenters. The van der Waals surface area contributed by atoms with Gasteiger partial charge in [-0.1, -0.05) is 28.1 Å². The van der Waals surface area contributed by atoms with Crippen LogP contribution in [0.4, 0.5) is 13.2 Å². The number of alkyl halides is 4. The highest BCUT2D eigenvalue weighted by molar-refractivity contribution is 9.09. The molecule has 1 N–H and O–H groups in total. The van der Waals surface area contributed by atoms with Gasteiger partial charge < -0.3 is 5.32 Å². The monoisotopic (exact) mass is 323 g/mol. The standard InChI is InChI=1S/C12H13BrF3NO/c13-7-3-4-8-17-11(18)9-5-1-2-6-10(9)12(14,15)16/h1-2,5-6H,3-4,7-8H2,(H,17,18). The molecule has 6 heteroatoms. The van der Waals surface area contributed by atoms with Crippen molar-refractivity contribution in [1.82, 2.24) is 5.32 Å². The van der Waals surface area contributed by atoms with Gasteiger partial charge in [0, 0.05) is 11.9 Å². The molecule has 0 aliphatic carbocycles. The number of rotatable bonds is 5. The normalized spacial score (nSPS) is 11.3. The SMILES string of the molecule is O=C(NCCCCBr)c1ccccc1C(F)(F)F. The van der Waals surface area contributed by atoms with E-state index in [1.807, 2.05) is 0 Å². The van der Waals surface area contributed by atoms with E-state index in [1.54, 1.807) is 0 Å². The second-order valence-electron chi connectivity index (χ2n) is 3.70. The summed E-state index contributed by atoms with van der Waals surface area (Å²) in [5, 5.41) is 3.29. The molecule has 0 spiro atoms. The topological polar surface area (TPSA) is 29.1 Å². The van der Waals surface area contributed by atoms with E-state index in [2.05, 4.69) is 21.2 Å². The zero-order chi connectivity index (χ0) is 13.6. The average molecular weight is 324 g/mol. The minimum atomic E-state index is -4.51. The number of benzene rings is 1. The van der Waals surface area contributed by atoms with Crippen LogP contribution in [0, 0.1) is 0 Å². The third-order valence-electron chi connectivity index (χ3n) is 2.32. The van der Waals surface area contributed by atoms with E-state index in [-0.39, 0.29) is 5.56 Å². The third kappa shape index (κ3) is 4.33. The van der Waals surface area contributed by atoms with Crippen molar-refractivity contribution < 1.29 is 18.0 Å². The summed E-state index contributed by atoms with van der Waals surface area (Å²) < 4.78 is 38.0. The molecule has 0 heterocycles. The number of unbranched alkanes of at least 4 members (excludes halogenated alkanes) is 1. The van der Waals surface area contributed by atoms with Gasteiger partial charge in [-0.15, -0.1) is 0 Å². The Hall–Kier alpha value is -1.04. The fourth-order valence-corrected chi connectivity index (χ4v) is 1.84. The number of amides is 1. The van der Waals surface area contributed by atoms with Crippen molar-refractivity contribution in [2.75, 3.05) is 11.9 Å². The summed E-state index contributed by atoms with van der Waals surface area (Å²) in [6.07, 6.45) is -2.92. The second-order valence-corrected chi connectivity index (χ2v) is 4.49. The van der Waals surface area contributed by atoms with Gasteiger partial charge in [-0.2, -0.15) is 13.2 Å². The van der Waals surface area contributed by atoms with Crippen LogP contribution in [-0.2, 0) is 6.18 Å². The largest absolute Gasteiger partial charge is 0.417 e. The van der Waals surface area contributed by atoms with Crippen molar-refractivity contribution in [3.8, 4) is 0 Å². The number of hydrogen-bond donors (Lipinski definition) is 1. The first kappa shape index (κ1) is 15.0. The molecule has 1 aromatic carbocycles. The number of hydrogen-bond acceptors (Lipinski definition) is 1. The third-order valence-corrected chi connectivity index (χ3v) is 2.88. The van der Waals surface area contributed by atoms with Gasteiger partial charge in [-0.05, 0) is 25.0 Å². The Balaban J connectivity index is 2.74. The summed E-state index contributed by atoms with van der Waals surface area (Å²) in [7, 11) is 0. The lowest BCUT2D eigenvalue weighted by atomic mass is 10.1. The zero-order valence-electron chi connectivity index (χ0n) is 9.56. The number of carbonyl (C=O) groups excluding carboxylic acids is 1. The van der Waals surface area contributed by atoms with Gasteiger partial charge in [0.15, 0.2) is 0 Å². The Morgan fingerprint density at radius 2 is 1.89 bits per heavy atom. The summed E-state index contributed by atoms with van der Waals surface area (Å²) in [6.45, 7) is 0.372. The first-order valence-corrected chi connectivity index (χ1v) is 6.59. The van der Waals surface area contributed by atoms with Gasteiger partial charge >= 0.3 is 6.18 Å². The maximum Gasteiger partial charge on any atom is 0.417 e. The Labute approximate surface area is 112 Å². The zero-order valence-corrected chi connectivity index (χ0v) is 11.1. The number of carbonyl (C=O) groups is 1. The molecule has 1 rings (SSSR count). The van der Waals surface area contributed by atoms with E-state index in [9.17, 15) is 18.0 Å². The second kappa shape index (κ2) is 6.78. The Kier molecular flexibility index (Phi) is 5.65. The van der Waals surface area contributed by atoms with E-state index in [0.717, 1.165) is 24.2 Å². The quantitative estimate of drug-likeness (QED) is 0.651. The lowest BCUT2D eigenvalue weighted by molar-refractivity contribution is -0.137. The van der Waals surface area contributed by atoms with Gasteiger partial charge in [-0.25, -0.2) is 0 Å². The highest BCUT2D eigenvalue weighted by Gasteiger charge is 2.34. The van der Waals surface area contributed by atoms with E-state index >= 15 is 0 Å². The van der Waals surface area contributed by atoms with E-state index < -0.39 is 17.6 Å². The molecule has 0 aliphatic rings.